The van der Waals surface area contributed by atoms with Gasteiger partial charge < -0.3 is 10.2 Å². The zero-order valence-electron chi connectivity index (χ0n) is 13.0. The van der Waals surface area contributed by atoms with Gasteiger partial charge in [-0.15, -0.1) is 0 Å². The lowest BCUT2D eigenvalue weighted by Gasteiger charge is -2.35. The molecule has 118 valence electrons. The molecule has 0 aliphatic heterocycles. The average Bonchev–Trinajstić information content (AvgIpc) is 3.23. The van der Waals surface area contributed by atoms with E-state index in [0.717, 1.165) is 17.5 Å². The van der Waals surface area contributed by atoms with Gasteiger partial charge in [0.2, 0.25) is 0 Å². The molecule has 1 fully saturated rings. The van der Waals surface area contributed by atoms with E-state index in [1.54, 1.807) is 0 Å². The molecule has 6 atom stereocenters. The topological polar surface area (TPSA) is 40.5 Å². The Morgan fingerprint density at radius 3 is 1.43 bits per heavy atom. The average molecular weight is 306 g/mol. The molecule has 1 saturated carbocycles. The van der Waals surface area contributed by atoms with Crippen LogP contribution in [0.15, 0.2) is 72.8 Å². The molecule has 2 nitrogen and oxygen atoms in total. The highest BCUT2D eigenvalue weighted by atomic mass is 16.3. The van der Waals surface area contributed by atoms with E-state index in [0.29, 0.717) is 11.8 Å². The van der Waals surface area contributed by atoms with Gasteiger partial charge in [-0.25, -0.2) is 0 Å². The Morgan fingerprint density at radius 2 is 1.04 bits per heavy atom. The van der Waals surface area contributed by atoms with Crippen LogP contribution in [0.3, 0.4) is 0 Å². The molecule has 23 heavy (non-hydrogen) atoms. The number of benzene rings is 2. The lowest BCUT2D eigenvalue weighted by molar-refractivity contribution is -0.000923. The number of hydrogen-bond acceptors (Lipinski definition) is 2. The summed E-state index contributed by atoms with van der Waals surface area (Å²) in [5.41, 5.74) is 1.90. The number of allylic oxidation sites excluding steroid dienone is 2. The second-order valence-electron chi connectivity index (χ2n) is 6.81. The fraction of sp³-hybridized carbons (Fsp3) is 0.333. The first kappa shape index (κ1) is 14.7. The quantitative estimate of drug-likeness (QED) is 0.841. The molecule has 0 heterocycles. The molecule has 4 rings (SSSR count). The molecular weight excluding hydrogens is 284 g/mol. The smallest absolute Gasteiger partial charge is 0.0827 e. The maximum Gasteiger partial charge on any atom is 0.0827 e. The van der Waals surface area contributed by atoms with E-state index in [9.17, 15) is 10.2 Å². The summed E-state index contributed by atoms with van der Waals surface area (Å²) in [5.74, 6) is 0.863. The van der Waals surface area contributed by atoms with Gasteiger partial charge in [-0.1, -0.05) is 72.8 Å². The van der Waals surface area contributed by atoms with E-state index in [-0.39, 0.29) is 11.8 Å². The minimum Gasteiger partial charge on any atom is -0.388 e. The molecule has 2 heteroatoms. The van der Waals surface area contributed by atoms with Crippen LogP contribution in [0.4, 0.5) is 0 Å². The van der Waals surface area contributed by atoms with Crippen LogP contribution < -0.4 is 0 Å². The third-order valence-electron chi connectivity index (χ3n) is 5.59. The molecule has 2 N–H and O–H groups in total. The first-order chi connectivity index (χ1) is 11.3. The van der Waals surface area contributed by atoms with Crippen LogP contribution in [0.25, 0.3) is 0 Å². The normalized spacial score (nSPS) is 31.2. The van der Waals surface area contributed by atoms with E-state index in [2.05, 4.69) is 12.2 Å². The van der Waals surface area contributed by atoms with E-state index in [1.807, 2.05) is 60.7 Å². The third-order valence-corrected chi connectivity index (χ3v) is 5.59. The summed E-state index contributed by atoms with van der Waals surface area (Å²) in [6.07, 6.45) is 4.45. The highest BCUT2D eigenvalue weighted by Crippen LogP contribution is 2.56. The molecule has 0 radical (unpaired) electrons. The van der Waals surface area contributed by atoms with Crippen molar-refractivity contribution in [1.82, 2.24) is 0 Å². The maximum atomic E-state index is 11.0. The zero-order chi connectivity index (χ0) is 15.8. The van der Waals surface area contributed by atoms with Gasteiger partial charge in [0.15, 0.2) is 0 Å². The second-order valence-corrected chi connectivity index (χ2v) is 6.81. The number of fused-ring (bicyclic) bond motifs is 2. The summed E-state index contributed by atoms with van der Waals surface area (Å²) in [7, 11) is 0. The van der Waals surface area contributed by atoms with Gasteiger partial charge in [-0.2, -0.15) is 0 Å². The molecule has 0 unspecified atom stereocenters. The van der Waals surface area contributed by atoms with Crippen molar-refractivity contribution < 1.29 is 10.2 Å². The molecule has 2 aliphatic carbocycles. The van der Waals surface area contributed by atoms with Crippen LogP contribution in [0, 0.1) is 23.7 Å². The van der Waals surface area contributed by atoms with Gasteiger partial charge in [-0.05, 0) is 29.4 Å². The summed E-state index contributed by atoms with van der Waals surface area (Å²) in [6, 6.07) is 19.7. The van der Waals surface area contributed by atoms with Gasteiger partial charge in [0, 0.05) is 11.8 Å². The standard InChI is InChI=1S/C21H22O2/c22-20(14-7-3-1-4-8-14)18-16-11-12-17(13-16)19(18)21(23)15-9-5-2-6-10-15/h1-12,16-23H,13H2/t16-,17+,18-,19+,20-,21+. The summed E-state index contributed by atoms with van der Waals surface area (Å²) in [6.45, 7) is 0. The highest BCUT2D eigenvalue weighted by Gasteiger charge is 2.50. The Kier molecular flexibility index (Phi) is 3.80. The first-order valence-electron chi connectivity index (χ1n) is 8.40. The lowest BCUT2D eigenvalue weighted by atomic mass is 9.73. The second kappa shape index (κ2) is 5.95. The Morgan fingerprint density at radius 1 is 0.652 bits per heavy atom. The van der Waals surface area contributed by atoms with Crippen molar-refractivity contribution >= 4 is 0 Å². The third kappa shape index (κ3) is 2.52. The van der Waals surface area contributed by atoms with Crippen LogP contribution >= 0.6 is 0 Å². The van der Waals surface area contributed by atoms with Crippen molar-refractivity contribution in [1.29, 1.82) is 0 Å². The Labute approximate surface area is 137 Å². The Bertz CT molecular complexity index is 620. The monoisotopic (exact) mass is 306 g/mol. The zero-order valence-corrected chi connectivity index (χ0v) is 13.0. The number of aliphatic hydroxyl groups excluding tert-OH is 2. The largest absolute Gasteiger partial charge is 0.388 e. The molecule has 0 aromatic heterocycles. The van der Waals surface area contributed by atoms with Crippen molar-refractivity contribution in [2.24, 2.45) is 23.7 Å². The van der Waals surface area contributed by atoms with E-state index < -0.39 is 12.2 Å². The van der Waals surface area contributed by atoms with Crippen molar-refractivity contribution in [3.05, 3.63) is 83.9 Å². The first-order valence-corrected chi connectivity index (χ1v) is 8.40. The van der Waals surface area contributed by atoms with Crippen molar-refractivity contribution in [3.8, 4) is 0 Å². The van der Waals surface area contributed by atoms with Crippen LogP contribution in [-0.4, -0.2) is 10.2 Å². The fourth-order valence-corrected chi connectivity index (χ4v) is 4.53. The Balaban J connectivity index is 1.66. The van der Waals surface area contributed by atoms with Gasteiger partial charge in [0.05, 0.1) is 12.2 Å². The van der Waals surface area contributed by atoms with Gasteiger partial charge in [0.1, 0.15) is 0 Å². The highest BCUT2D eigenvalue weighted by molar-refractivity contribution is 5.26. The molecule has 2 aliphatic rings. The number of rotatable bonds is 4. The maximum absolute atomic E-state index is 11.0. The summed E-state index contributed by atoms with van der Waals surface area (Å²) >= 11 is 0. The van der Waals surface area contributed by atoms with Crippen molar-refractivity contribution in [2.45, 2.75) is 18.6 Å². The van der Waals surface area contributed by atoms with Crippen LogP contribution in [-0.2, 0) is 0 Å². The minimum absolute atomic E-state index is 0.0719. The van der Waals surface area contributed by atoms with E-state index >= 15 is 0 Å². The molecule has 0 spiro atoms. The minimum atomic E-state index is -0.528. The fourth-order valence-electron chi connectivity index (χ4n) is 4.53. The molecule has 2 aromatic rings. The Hall–Kier alpha value is -1.90. The van der Waals surface area contributed by atoms with Gasteiger partial charge in [-0.3, -0.25) is 0 Å². The van der Waals surface area contributed by atoms with Gasteiger partial charge in [0.25, 0.3) is 0 Å². The predicted octanol–water partition coefficient (Wildman–Crippen LogP) is 3.89. The molecule has 0 saturated heterocycles. The molecular formula is C21H22O2. The number of hydrogen-bond donors (Lipinski definition) is 2. The van der Waals surface area contributed by atoms with E-state index in [1.165, 1.54) is 0 Å². The summed E-state index contributed by atoms with van der Waals surface area (Å²) in [5, 5.41) is 21.9. The SMILES string of the molecule is O[C@H](c1ccccc1)[C@H]1[C@@H]([C@@H](O)c2ccccc2)[C@H]2C=C[C@@H]1C2. The predicted molar refractivity (Wildman–Crippen MR) is 90.5 cm³/mol. The van der Waals surface area contributed by atoms with Crippen LogP contribution in [0.2, 0.25) is 0 Å². The van der Waals surface area contributed by atoms with E-state index in [4.69, 9.17) is 0 Å². The van der Waals surface area contributed by atoms with Crippen LogP contribution in [0.1, 0.15) is 29.8 Å². The number of aliphatic hydroxyl groups is 2. The molecule has 2 aromatic carbocycles. The molecule has 2 bridgehead atoms. The summed E-state index contributed by atoms with van der Waals surface area (Å²) < 4.78 is 0. The van der Waals surface area contributed by atoms with Crippen molar-refractivity contribution in [3.63, 3.8) is 0 Å². The van der Waals surface area contributed by atoms with Crippen molar-refractivity contribution in [2.75, 3.05) is 0 Å². The van der Waals surface area contributed by atoms with Crippen LogP contribution in [0.5, 0.6) is 0 Å². The lowest BCUT2D eigenvalue weighted by Crippen LogP contribution is -2.30. The molecule has 0 amide bonds. The summed E-state index contributed by atoms with van der Waals surface area (Å²) in [4.78, 5) is 0. The van der Waals surface area contributed by atoms with Gasteiger partial charge >= 0.3 is 0 Å².